The van der Waals surface area contributed by atoms with Crippen molar-refractivity contribution in [3.8, 4) is 17.0 Å². The van der Waals surface area contributed by atoms with E-state index in [1.54, 1.807) is 11.8 Å². The molecule has 0 saturated heterocycles. The zero-order valence-corrected chi connectivity index (χ0v) is 18.4. The first kappa shape index (κ1) is 20.5. The Kier molecular flexibility index (Phi) is 5.62. The highest BCUT2D eigenvalue weighted by Crippen LogP contribution is 2.41. The quantitative estimate of drug-likeness (QED) is 0.486. The molecule has 0 aliphatic heterocycles. The molecule has 0 spiro atoms. The Bertz CT molecular complexity index is 912. The van der Waals surface area contributed by atoms with Crippen molar-refractivity contribution in [2.75, 3.05) is 0 Å². The van der Waals surface area contributed by atoms with Gasteiger partial charge in [0.25, 0.3) is 0 Å². The fraction of sp³-hybridized carbons (Fsp3) is 0.375. The summed E-state index contributed by atoms with van der Waals surface area (Å²) in [7, 11) is 0. The number of phenols is 1. The molecule has 1 aromatic heterocycles. The van der Waals surface area contributed by atoms with E-state index < -0.39 is 0 Å². The zero-order valence-electron chi connectivity index (χ0n) is 17.6. The molecule has 3 nitrogen and oxygen atoms in total. The van der Waals surface area contributed by atoms with Gasteiger partial charge in [0, 0.05) is 22.4 Å². The van der Waals surface area contributed by atoms with Crippen molar-refractivity contribution in [3.63, 3.8) is 0 Å². The molecule has 2 aromatic carbocycles. The molecule has 0 aliphatic carbocycles. The third-order valence-corrected chi connectivity index (χ3v) is 5.77. The van der Waals surface area contributed by atoms with Crippen molar-refractivity contribution < 1.29 is 5.11 Å². The van der Waals surface area contributed by atoms with Gasteiger partial charge < -0.3 is 10.1 Å². The number of aromatic nitrogens is 2. The first-order chi connectivity index (χ1) is 13.1. The summed E-state index contributed by atoms with van der Waals surface area (Å²) in [4.78, 5) is 8.01. The van der Waals surface area contributed by atoms with Crippen LogP contribution in [0.3, 0.4) is 0 Å². The van der Waals surface area contributed by atoms with Crippen LogP contribution in [0.15, 0.2) is 53.8 Å². The summed E-state index contributed by atoms with van der Waals surface area (Å²) in [5.74, 6) is 1.28. The minimum Gasteiger partial charge on any atom is -0.507 e. The Labute approximate surface area is 172 Å². The first-order valence-corrected chi connectivity index (χ1v) is 10.6. The van der Waals surface area contributed by atoms with Gasteiger partial charge in [-0.25, -0.2) is 4.98 Å². The lowest BCUT2D eigenvalue weighted by atomic mass is 9.78. The predicted octanol–water partition coefficient (Wildman–Crippen LogP) is 6.67. The SMILES string of the molecule is CC(C)(C)c1cc(-c2cnc(SCc3ccccc3)[nH]2)cc(C(C)(C)C)c1O. The summed E-state index contributed by atoms with van der Waals surface area (Å²) >= 11 is 1.70. The molecule has 2 N–H and O–H groups in total. The molecule has 3 aromatic rings. The smallest absolute Gasteiger partial charge is 0.166 e. The van der Waals surface area contributed by atoms with Gasteiger partial charge in [-0.2, -0.15) is 0 Å². The van der Waals surface area contributed by atoms with Gasteiger partial charge in [0.1, 0.15) is 5.75 Å². The van der Waals surface area contributed by atoms with E-state index in [4.69, 9.17) is 0 Å². The zero-order chi connectivity index (χ0) is 20.5. The second-order valence-corrected chi connectivity index (χ2v) is 10.3. The molecule has 0 bridgehead atoms. The molecular weight excluding hydrogens is 364 g/mol. The molecule has 148 valence electrons. The number of thioether (sulfide) groups is 1. The number of aromatic hydroxyl groups is 1. The normalized spacial score (nSPS) is 12.4. The van der Waals surface area contributed by atoms with E-state index in [0.717, 1.165) is 33.3 Å². The fourth-order valence-electron chi connectivity index (χ4n) is 3.18. The maximum atomic E-state index is 10.9. The van der Waals surface area contributed by atoms with Crippen molar-refractivity contribution in [1.29, 1.82) is 0 Å². The van der Waals surface area contributed by atoms with E-state index in [9.17, 15) is 5.11 Å². The summed E-state index contributed by atoms with van der Waals surface area (Å²) in [6.45, 7) is 12.8. The molecule has 0 unspecified atom stereocenters. The van der Waals surface area contributed by atoms with Crippen LogP contribution in [0.2, 0.25) is 0 Å². The van der Waals surface area contributed by atoms with E-state index in [1.165, 1.54) is 5.56 Å². The van der Waals surface area contributed by atoms with Crippen LogP contribution in [-0.2, 0) is 16.6 Å². The molecule has 28 heavy (non-hydrogen) atoms. The third-order valence-electron chi connectivity index (χ3n) is 4.81. The van der Waals surface area contributed by atoms with E-state index in [-0.39, 0.29) is 10.8 Å². The van der Waals surface area contributed by atoms with Crippen LogP contribution in [0.1, 0.15) is 58.2 Å². The maximum absolute atomic E-state index is 10.9. The highest BCUT2D eigenvalue weighted by atomic mass is 32.2. The molecule has 0 amide bonds. The van der Waals surface area contributed by atoms with Gasteiger partial charge in [-0.05, 0) is 28.5 Å². The number of hydrogen-bond acceptors (Lipinski definition) is 3. The van der Waals surface area contributed by atoms with Crippen molar-refractivity contribution in [2.24, 2.45) is 0 Å². The lowest BCUT2D eigenvalue weighted by Gasteiger charge is -2.28. The molecule has 4 heteroatoms. The average Bonchev–Trinajstić information content (AvgIpc) is 3.08. The Morgan fingerprint density at radius 1 is 0.929 bits per heavy atom. The van der Waals surface area contributed by atoms with Crippen LogP contribution in [0.25, 0.3) is 11.3 Å². The van der Waals surface area contributed by atoms with Crippen molar-refractivity contribution in [2.45, 2.75) is 63.3 Å². The number of benzene rings is 2. The number of nitrogens with one attached hydrogen (secondary N) is 1. The number of phenolic OH excluding ortho intramolecular Hbond substituents is 1. The summed E-state index contributed by atoms with van der Waals surface area (Å²) < 4.78 is 0. The van der Waals surface area contributed by atoms with Crippen LogP contribution >= 0.6 is 11.8 Å². The summed E-state index contributed by atoms with van der Waals surface area (Å²) in [5, 5.41) is 11.8. The number of H-pyrrole nitrogens is 1. The summed E-state index contributed by atoms with van der Waals surface area (Å²) in [6.07, 6.45) is 1.89. The molecule has 0 saturated carbocycles. The second-order valence-electron chi connectivity index (χ2n) is 9.30. The Balaban J connectivity index is 1.94. The largest absolute Gasteiger partial charge is 0.507 e. The van der Waals surface area contributed by atoms with Gasteiger partial charge in [-0.15, -0.1) is 0 Å². The maximum Gasteiger partial charge on any atom is 0.166 e. The Morgan fingerprint density at radius 2 is 1.50 bits per heavy atom. The standard InChI is InChI=1S/C24H30N2OS/c1-23(2,3)18-12-17(13-19(21(18)27)24(4,5)6)20-14-25-22(26-20)28-15-16-10-8-7-9-11-16/h7-14,27H,15H2,1-6H3,(H,25,26). The topological polar surface area (TPSA) is 48.9 Å². The molecule has 0 fully saturated rings. The van der Waals surface area contributed by atoms with Crippen molar-refractivity contribution in [3.05, 3.63) is 65.4 Å². The highest BCUT2D eigenvalue weighted by molar-refractivity contribution is 7.98. The molecule has 1 heterocycles. The first-order valence-electron chi connectivity index (χ1n) is 9.66. The van der Waals surface area contributed by atoms with Gasteiger partial charge in [-0.3, -0.25) is 0 Å². The molecule has 0 aliphatic rings. The van der Waals surface area contributed by atoms with E-state index in [2.05, 4.69) is 87.9 Å². The summed E-state index contributed by atoms with van der Waals surface area (Å²) in [5.41, 5.74) is 4.94. The molecule has 0 radical (unpaired) electrons. The van der Waals surface area contributed by atoms with Gasteiger partial charge in [0.15, 0.2) is 5.16 Å². The van der Waals surface area contributed by atoms with Crippen LogP contribution in [0.5, 0.6) is 5.75 Å². The lowest BCUT2D eigenvalue weighted by molar-refractivity contribution is 0.423. The fourth-order valence-corrected chi connectivity index (χ4v) is 3.99. The minimum atomic E-state index is -0.148. The highest BCUT2D eigenvalue weighted by Gasteiger charge is 2.27. The van der Waals surface area contributed by atoms with Gasteiger partial charge >= 0.3 is 0 Å². The van der Waals surface area contributed by atoms with E-state index in [1.807, 2.05) is 12.3 Å². The van der Waals surface area contributed by atoms with E-state index >= 15 is 0 Å². The minimum absolute atomic E-state index is 0.148. The summed E-state index contributed by atoms with van der Waals surface area (Å²) in [6, 6.07) is 14.6. The average molecular weight is 395 g/mol. The Hall–Kier alpha value is -2.20. The van der Waals surface area contributed by atoms with Crippen LogP contribution in [0, 0.1) is 0 Å². The molecule has 3 rings (SSSR count). The van der Waals surface area contributed by atoms with Gasteiger partial charge in [0.2, 0.25) is 0 Å². The monoisotopic (exact) mass is 394 g/mol. The van der Waals surface area contributed by atoms with Crippen LogP contribution in [0.4, 0.5) is 0 Å². The Morgan fingerprint density at radius 3 is 2.04 bits per heavy atom. The third kappa shape index (κ3) is 4.61. The number of imidazole rings is 1. The van der Waals surface area contributed by atoms with Crippen molar-refractivity contribution in [1.82, 2.24) is 9.97 Å². The second kappa shape index (κ2) is 7.67. The molecular formula is C24H30N2OS. The number of aromatic amines is 1. The van der Waals surface area contributed by atoms with Gasteiger partial charge in [0.05, 0.1) is 11.9 Å². The predicted molar refractivity (Wildman–Crippen MR) is 119 cm³/mol. The lowest BCUT2D eigenvalue weighted by Crippen LogP contribution is -2.17. The number of nitrogens with zero attached hydrogens (tertiary/aromatic N) is 1. The van der Waals surface area contributed by atoms with Gasteiger partial charge in [-0.1, -0.05) is 83.6 Å². The number of hydrogen-bond donors (Lipinski definition) is 2. The molecule has 0 atom stereocenters. The van der Waals surface area contributed by atoms with Crippen LogP contribution in [-0.4, -0.2) is 15.1 Å². The number of rotatable bonds is 4. The van der Waals surface area contributed by atoms with Crippen molar-refractivity contribution >= 4 is 11.8 Å². The van der Waals surface area contributed by atoms with E-state index in [0.29, 0.717) is 5.75 Å². The van der Waals surface area contributed by atoms with Crippen LogP contribution < -0.4 is 0 Å².